The molecule has 0 bridgehead atoms. The smallest absolute Gasteiger partial charge is 0.142 e. The fraction of sp³-hybridized carbons (Fsp3) is 0.143. The van der Waals surface area contributed by atoms with Crippen molar-refractivity contribution in [3.63, 3.8) is 0 Å². The molecule has 0 aliphatic heterocycles. The normalized spacial score (nSPS) is 10.2. The highest BCUT2D eigenvalue weighted by Gasteiger charge is 2.21. The van der Waals surface area contributed by atoms with Crippen molar-refractivity contribution in [3.05, 3.63) is 59.7 Å². The molecular weight excluding hydrogens is 326 g/mol. The summed E-state index contributed by atoms with van der Waals surface area (Å²) in [5.74, 6) is 1.49. The number of nitriles is 1. The zero-order valence-corrected chi connectivity index (χ0v) is 14.9. The molecule has 3 aromatic rings. The fourth-order valence-electron chi connectivity index (χ4n) is 3.03. The summed E-state index contributed by atoms with van der Waals surface area (Å²) >= 11 is 0. The number of pyridine rings is 1. The summed E-state index contributed by atoms with van der Waals surface area (Å²) in [6.07, 6.45) is 0. The first-order valence-corrected chi connectivity index (χ1v) is 8.08. The molecule has 0 saturated heterocycles. The highest BCUT2D eigenvalue weighted by atomic mass is 16.5. The molecule has 0 aliphatic carbocycles. The third-order valence-corrected chi connectivity index (χ3v) is 4.30. The molecule has 0 spiro atoms. The molecule has 0 saturated carbocycles. The van der Waals surface area contributed by atoms with Gasteiger partial charge < -0.3 is 15.2 Å². The molecule has 2 N–H and O–H groups in total. The van der Waals surface area contributed by atoms with Gasteiger partial charge in [-0.15, -0.1) is 0 Å². The molecule has 130 valence electrons. The van der Waals surface area contributed by atoms with Crippen LogP contribution < -0.4 is 15.2 Å². The third-order valence-electron chi connectivity index (χ3n) is 4.30. The average molecular weight is 345 g/mol. The molecule has 5 nitrogen and oxygen atoms in total. The predicted molar refractivity (Wildman–Crippen MR) is 102 cm³/mol. The first kappa shape index (κ1) is 17.3. The van der Waals surface area contributed by atoms with Gasteiger partial charge in [-0.05, 0) is 30.7 Å². The quantitative estimate of drug-likeness (QED) is 0.766. The molecule has 2 aromatic carbocycles. The van der Waals surface area contributed by atoms with Gasteiger partial charge in [0.25, 0.3) is 0 Å². The lowest BCUT2D eigenvalue weighted by molar-refractivity contribution is 0.404. The zero-order chi connectivity index (χ0) is 18.7. The van der Waals surface area contributed by atoms with E-state index in [0.29, 0.717) is 22.6 Å². The number of hydrogen-bond donors (Lipinski definition) is 1. The maximum Gasteiger partial charge on any atom is 0.142 e. The number of anilines is 1. The van der Waals surface area contributed by atoms with Gasteiger partial charge in [0.1, 0.15) is 28.9 Å². The topological polar surface area (TPSA) is 81.2 Å². The Morgan fingerprint density at radius 3 is 2.38 bits per heavy atom. The van der Waals surface area contributed by atoms with Crippen LogP contribution in [0.2, 0.25) is 0 Å². The summed E-state index contributed by atoms with van der Waals surface area (Å²) < 4.78 is 10.9. The number of benzene rings is 2. The lowest BCUT2D eigenvalue weighted by atomic mass is 9.92. The zero-order valence-electron chi connectivity index (χ0n) is 14.9. The summed E-state index contributed by atoms with van der Waals surface area (Å²) in [5, 5.41) is 9.69. The number of ether oxygens (including phenoxy) is 2. The first-order chi connectivity index (χ1) is 12.6. The molecule has 0 aliphatic rings. The van der Waals surface area contributed by atoms with Gasteiger partial charge >= 0.3 is 0 Å². The lowest BCUT2D eigenvalue weighted by Gasteiger charge is -2.17. The van der Waals surface area contributed by atoms with E-state index >= 15 is 0 Å². The van der Waals surface area contributed by atoms with Gasteiger partial charge in [0.15, 0.2) is 0 Å². The second-order valence-corrected chi connectivity index (χ2v) is 5.76. The minimum Gasteiger partial charge on any atom is -0.497 e. The van der Waals surface area contributed by atoms with Crippen molar-refractivity contribution in [1.29, 1.82) is 5.26 Å². The Balaban J connectivity index is 2.38. The molecule has 0 fully saturated rings. The maximum absolute atomic E-state index is 9.69. The molecule has 0 amide bonds. The Morgan fingerprint density at radius 1 is 1.04 bits per heavy atom. The van der Waals surface area contributed by atoms with Crippen molar-refractivity contribution < 1.29 is 9.47 Å². The summed E-state index contributed by atoms with van der Waals surface area (Å²) in [6.45, 7) is 1.93. The van der Waals surface area contributed by atoms with Crippen LogP contribution in [0.4, 0.5) is 5.82 Å². The SMILES string of the molecule is COc1ccc(OC)c(-c2c(C)c(-c3ccccc3)nc(N)c2C#N)c1. The molecule has 3 rings (SSSR count). The van der Waals surface area contributed by atoms with Gasteiger partial charge in [0.05, 0.1) is 19.9 Å². The number of methoxy groups -OCH3 is 2. The lowest BCUT2D eigenvalue weighted by Crippen LogP contribution is -2.04. The van der Waals surface area contributed by atoms with Gasteiger partial charge in [-0.3, -0.25) is 0 Å². The number of nitrogens with two attached hydrogens (primary N) is 1. The second kappa shape index (κ2) is 7.16. The molecule has 5 heteroatoms. The first-order valence-electron chi connectivity index (χ1n) is 8.08. The minimum atomic E-state index is 0.192. The molecule has 26 heavy (non-hydrogen) atoms. The van der Waals surface area contributed by atoms with Crippen molar-refractivity contribution in [1.82, 2.24) is 4.98 Å². The van der Waals surface area contributed by atoms with E-state index < -0.39 is 0 Å². The highest BCUT2D eigenvalue weighted by Crippen LogP contribution is 2.41. The van der Waals surface area contributed by atoms with Crippen LogP contribution in [-0.2, 0) is 0 Å². The van der Waals surface area contributed by atoms with E-state index in [9.17, 15) is 5.26 Å². The van der Waals surface area contributed by atoms with E-state index in [1.807, 2.05) is 55.5 Å². The van der Waals surface area contributed by atoms with Crippen molar-refractivity contribution in [2.24, 2.45) is 0 Å². The van der Waals surface area contributed by atoms with Crippen LogP contribution >= 0.6 is 0 Å². The maximum atomic E-state index is 9.69. The van der Waals surface area contributed by atoms with E-state index in [2.05, 4.69) is 11.1 Å². The van der Waals surface area contributed by atoms with Crippen LogP contribution in [-0.4, -0.2) is 19.2 Å². The van der Waals surface area contributed by atoms with Crippen molar-refractivity contribution >= 4 is 5.82 Å². The summed E-state index contributed by atoms with van der Waals surface area (Å²) in [5.41, 5.74) is 10.4. The van der Waals surface area contributed by atoms with E-state index in [-0.39, 0.29) is 5.82 Å². The number of nitrogen functional groups attached to an aromatic ring is 1. The van der Waals surface area contributed by atoms with Gasteiger partial charge in [-0.2, -0.15) is 5.26 Å². The van der Waals surface area contributed by atoms with Crippen molar-refractivity contribution in [3.8, 4) is 40.0 Å². The van der Waals surface area contributed by atoms with Crippen LogP contribution in [0, 0.1) is 18.3 Å². The molecule has 0 unspecified atom stereocenters. The van der Waals surface area contributed by atoms with Crippen molar-refractivity contribution in [2.45, 2.75) is 6.92 Å². The number of hydrogen-bond acceptors (Lipinski definition) is 5. The monoisotopic (exact) mass is 345 g/mol. The molecule has 0 radical (unpaired) electrons. The Morgan fingerprint density at radius 2 is 1.77 bits per heavy atom. The number of rotatable bonds is 4. The Hall–Kier alpha value is -3.52. The van der Waals surface area contributed by atoms with Gasteiger partial charge in [-0.25, -0.2) is 4.98 Å². The molecule has 1 heterocycles. The summed E-state index contributed by atoms with van der Waals surface area (Å²) in [4.78, 5) is 4.48. The van der Waals surface area contributed by atoms with Gasteiger partial charge in [0, 0.05) is 16.7 Å². The Bertz CT molecular complexity index is 992. The van der Waals surface area contributed by atoms with Gasteiger partial charge in [-0.1, -0.05) is 30.3 Å². The third kappa shape index (κ3) is 2.93. The van der Waals surface area contributed by atoms with Crippen LogP contribution in [0.15, 0.2) is 48.5 Å². The van der Waals surface area contributed by atoms with Crippen LogP contribution in [0.5, 0.6) is 11.5 Å². The van der Waals surface area contributed by atoms with Crippen LogP contribution in [0.3, 0.4) is 0 Å². The van der Waals surface area contributed by atoms with Crippen LogP contribution in [0.1, 0.15) is 11.1 Å². The van der Waals surface area contributed by atoms with E-state index in [1.54, 1.807) is 14.2 Å². The largest absolute Gasteiger partial charge is 0.497 e. The standard InChI is InChI=1S/C21H19N3O2/c1-13-19(16-11-15(25-2)9-10-18(16)26-3)17(12-22)21(23)24-20(13)14-7-5-4-6-8-14/h4-11H,1-3H3,(H2,23,24). The summed E-state index contributed by atoms with van der Waals surface area (Å²) in [6, 6.07) is 17.4. The van der Waals surface area contributed by atoms with E-state index in [4.69, 9.17) is 15.2 Å². The molecule has 1 aromatic heterocycles. The van der Waals surface area contributed by atoms with Crippen LogP contribution in [0.25, 0.3) is 22.4 Å². The fourth-order valence-corrected chi connectivity index (χ4v) is 3.03. The average Bonchev–Trinajstić information content (AvgIpc) is 2.69. The number of aromatic nitrogens is 1. The Labute approximate surface area is 152 Å². The predicted octanol–water partition coefficient (Wildman–Crippen LogP) is 4.20. The van der Waals surface area contributed by atoms with E-state index in [1.165, 1.54) is 0 Å². The molecule has 0 atom stereocenters. The van der Waals surface area contributed by atoms with Gasteiger partial charge in [0.2, 0.25) is 0 Å². The number of nitrogens with zero attached hydrogens (tertiary/aromatic N) is 2. The molecular formula is C21H19N3O2. The summed E-state index contributed by atoms with van der Waals surface area (Å²) in [7, 11) is 3.19. The van der Waals surface area contributed by atoms with E-state index in [0.717, 1.165) is 22.4 Å². The minimum absolute atomic E-state index is 0.192. The highest BCUT2D eigenvalue weighted by molar-refractivity contribution is 5.87. The van der Waals surface area contributed by atoms with Crippen molar-refractivity contribution in [2.75, 3.05) is 20.0 Å². The second-order valence-electron chi connectivity index (χ2n) is 5.76. The Kier molecular flexibility index (Phi) is 4.76.